The number of thiazole rings is 1. The number of rotatable bonds is 7. The Hall–Kier alpha value is -4.32. The van der Waals surface area contributed by atoms with Gasteiger partial charge in [0.05, 0.1) is 10.6 Å². The maximum Gasteiger partial charge on any atom is 0.277 e. The van der Waals surface area contributed by atoms with Crippen LogP contribution in [0.1, 0.15) is 21.6 Å². The number of nitrogens with two attached hydrogens (primary N) is 2. The molecule has 0 aliphatic carbocycles. The molecule has 0 radical (unpaired) electrons. The first-order valence-electron chi connectivity index (χ1n) is 11.1. The quantitative estimate of drug-likeness (QED) is 0.294. The van der Waals surface area contributed by atoms with Crippen LogP contribution in [0.15, 0.2) is 93.9 Å². The Bertz CT molecular complexity index is 1770. The van der Waals surface area contributed by atoms with E-state index in [-0.39, 0.29) is 27.7 Å². The van der Waals surface area contributed by atoms with Crippen LogP contribution >= 0.6 is 11.3 Å². The fourth-order valence-corrected chi connectivity index (χ4v) is 5.26. The summed E-state index contributed by atoms with van der Waals surface area (Å²) in [5, 5.41) is 10.1. The molecule has 0 atom stereocenters. The van der Waals surface area contributed by atoms with Crippen molar-refractivity contribution in [1.82, 2.24) is 14.8 Å². The number of aromatic nitrogens is 3. The van der Waals surface area contributed by atoms with Crippen LogP contribution < -0.4 is 16.4 Å². The number of amides is 1. The van der Waals surface area contributed by atoms with Crippen LogP contribution in [-0.2, 0) is 16.4 Å². The third kappa shape index (κ3) is 5.00. The molecule has 0 saturated heterocycles. The number of H-pyrrole nitrogens is 1. The number of primary amides is 1. The molecule has 186 valence electrons. The molecular formula is C26H21N5O4S2. The fourth-order valence-electron chi connectivity index (χ4n) is 3.98. The van der Waals surface area contributed by atoms with Crippen molar-refractivity contribution in [3.05, 3.63) is 111 Å². The summed E-state index contributed by atoms with van der Waals surface area (Å²) in [5.74, 6) is -0.687. The molecule has 2 heterocycles. The zero-order valence-corrected chi connectivity index (χ0v) is 20.9. The molecule has 0 spiro atoms. The van der Waals surface area contributed by atoms with E-state index in [0.29, 0.717) is 16.8 Å². The topological polar surface area (TPSA) is 154 Å². The molecule has 0 unspecified atom stereocenters. The van der Waals surface area contributed by atoms with Crippen molar-refractivity contribution in [3.63, 3.8) is 0 Å². The summed E-state index contributed by atoms with van der Waals surface area (Å²) in [4.78, 5) is 29.3. The van der Waals surface area contributed by atoms with Crippen molar-refractivity contribution in [3.8, 4) is 27.5 Å². The highest BCUT2D eigenvalue weighted by Gasteiger charge is 2.20. The highest BCUT2D eigenvalue weighted by molar-refractivity contribution is 7.89. The van der Waals surface area contributed by atoms with E-state index in [1.54, 1.807) is 12.1 Å². The summed E-state index contributed by atoms with van der Waals surface area (Å²) >= 11 is 1.11. The summed E-state index contributed by atoms with van der Waals surface area (Å²) in [6.45, 7) is 0. The van der Waals surface area contributed by atoms with E-state index in [0.717, 1.165) is 28.0 Å². The van der Waals surface area contributed by atoms with E-state index in [2.05, 4.69) is 10.1 Å². The smallest absolute Gasteiger partial charge is 0.277 e. The number of nitrogens with zero attached hydrogens (tertiary/aromatic N) is 2. The largest absolute Gasteiger partial charge is 0.364 e. The lowest BCUT2D eigenvalue weighted by molar-refractivity contribution is 0.0996. The Balaban J connectivity index is 1.63. The molecule has 37 heavy (non-hydrogen) atoms. The number of carbonyl (C=O) groups excluding carboxylic acids is 1. The van der Waals surface area contributed by atoms with Gasteiger partial charge in [-0.1, -0.05) is 60.7 Å². The molecule has 5 aromatic rings. The van der Waals surface area contributed by atoms with Gasteiger partial charge in [0.2, 0.25) is 15.2 Å². The van der Waals surface area contributed by atoms with Gasteiger partial charge in [-0.25, -0.2) is 18.5 Å². The van der Waals surface area contributed by atoms with Gasteiger partial charge in [0, 0.05) is 22.9 Å². The van der Waals surface area contributed by atoms with Crippen LogP contribution in [0.4, 0.5) is 0 Å². The SMILES string of the molecule is NC(=O)c1csc(-n2[nH]c(-c3cccc(-c4ccccc4)c3)c(Cc3ccc(S(N)(=O)=O)cc3)c2=O)n1. The second-order valence-electron chi connectivity index (χ2n) is 8.30. The minimum atomic E-state index is -3.84. The van der Waals surface area contributed by atoms with Crippen molar-refractivity contribution in [2.45, 2.75) is 11.3 Å². The maximum atomic E-state index is 13.6. The third-order valence-corrected chi connectivity index (χ3v) is 7.57. The summed E-state index contributed by atoms with van der Waals surface area (Å²) in [6, 6.07) is 23.7. The van der Waals surface area contributed by atoms with Crippen LogP contribution in [0.25, 0.3) is 27.5 Å². The average molecular weight is 532 g/mol. The molecule has 0 aliphatic rings. The van der Waals surface area contributed by atoms with Crippen molar-refractivity contribution in [2.75, 3.05) is 0 Å². The Kier molecular flexibility index (Phi) is 6.34. The van der Waals surface area contributed by atoms with Gasteiger partial charge in [-0.05, 0) is 34.9 Å². The molecule has 0 aliphatic heterocycles. The number of primary sulfonamides is 1. The minimum absolute atomic E-state index is 0.0136. The van der Waals surface area contributed by atoms with E-state index in [1.807, 2.05) is 54.6 Å². The number of carbonyl (C=O) groups is 1. The number of nitrogens with one attached hydrogen (secondary N) is 1. The molecule has 5 N–H and O–H groups in total. The minimum Gasteiger partial charge on any atom is -0.364 e. The zero-order chi connectivity index (χ0) is 26.2. The van der Waals surface area contributed by atoms with Crippen LogP contribution in [-0.4, -0.2) is 29.1 Å². The molecule has 11 heteroatoms. The molecule has 3 aromatic carbocycles. The summed E-state index contributed by atoms with van der Waals surface area (Å²) in [7, 11) is -3.84. The number of hydrogen-bond acceptors (Lipinski definition) is 6. The fraction of sp³-hybridized carbons (Fsp3) is 0.0385. The van der Waals surface area contributed by atoms with E-state index in [4.69, 9.17) is 10.9 Å². The molecule has 0 fully saturated rings. The van der Waals surface area contributed by atoms with Gasteiger partial charge in [-0.3, -0.25) is 14.7 Å². The molecule has 2 aromatic heterocycles. The number of aromatic amines is 1. The maximum absolute atomic E-state index is 13.6. The normalized spacial score (nSPS) is 11.5. The lowest BCUT2D eigenvalue weighted by Crippen LogP contribution is -2.18. The van der Waals surface area contributed by atoms with Gasteiger partial charge in [0.15, 0.2) is 0 Å². The van der Waals surface area contributed by atoms with Crippen LogP contribution in [0.2, 0.25) is 0 Å². The van der Waals surface area contributed by atoms with Gasteiger partial charge in [0.1, 0.15) is 5.69 Å². The highest BCUT2D eigenvalue weighted by atomic mass is 32.2. The first-order valence-corrected chi connectivity index (χ1v) is 13.5. The monoisotopic (exact) mass is 531 g/mol. The molecule has 9 nitrogen and oxygen atoms in total. The third-order valence-electron chi connectivity index (χ3n) is 5.81. The second-order valence-corrected chi connectivity index (χ2v) is 10.7. The van der Waals surface area contributed by atoms with Gasteiger partial charge in [-0.15, -0.1) is 11.3 Å². The summed E-state index contributed by atoms with van der Waals surface area (Å²) in [5.41, 5.74) is 9.58. The van der Waals surface area contributed by atoms with E-state index in [1.165, 1.54) is 22.2 Å². The Labute approximate surface area is 216 Å². The summed E-state index contributed by atoms with van der Waals surface area (Å²) in [6.07, 6.45) is 0.214. The van der Waals surface area contributed by atoms with E-state index >= 15 is 0 Å². The Morgan fingerprint density at radius 2 is 1.62 bits per heavy atom. The molecular weight excluding hydrogens is 510 g/mol. The number of benzene rings is 3. The molecule has 1 amide bonds. The van der Waals surface area contributed by atoms with Crippen LogP contribution in [0.3, 0.4) is 0 Å². The Morgan fingerprint density at radius 3 is 2.27 bits per heavy atom. The van der Waals surface area contributed by atoms with Gasteiger partial charge in [-0.2, -0.15) is 4.68 Å². The van der Waals surface area contributed by atoms with Crippen molar-refractivity contribution in [2.24, 2.45) is 10.9 Å². The van der Waals surface area contributed by atoms with Gasteiger partial charge in [0.25, 0.3) is 11.5 Å². The summed E-state index contributed by atoms with van der Waals surface area (Å²) < 4.78 is 24.6. The first kappa shape index (κ1) is 24.4. The van der Waals surface area contributed by atoms with Crippen molar-refractivity contribution in [1.29, 1.82) is 0 Å². The first-order chi connectivity index (χ1) is 17.7. The Morgan fingerprint density at radius 1 is 0.946 bits per heavy atom. The standard InChI is InChI=1S/C26H21N5O4S2/c27-24(32)22-15-36-26(29-22)31-25(33)21(13-16-9-11-20(12-10-16)37(28,34)35)23(30-31)19-8-4-7-18(14-19)17-5-2-1-3-6-17/h1-12,14-15,30H,13H2,(H2,27,32)(H2,28,34,35). The predicted molar refractivity (Wildman–Crippen MR) is 142 cm³/mol. The lowest BCUT2D eigenvalue weighted by Gasteiger charge is -2.07. The highest BCUT2D eigenvalue weighted by Crippen LogP contribution is 2.28. The molecule has 0 saturated carbocycles. The van der Waals surface area contributed by atoms with Crippen LogP contribution in [0.5, 0.6) is 0 Å². The van der Waals surface area contributed by atoms with Crippen molar-refractivity contribution >= 4 is 27.3 Å². The second kappa shape index (κ2) is 9.62. The predicted octanol–water partition coefficient (Wildman–Crippen LogP) is 3.29. The molecule has 0 bridgehead atoms. The molecule has 5 rings (SSSR count). The van der Waals surface area contributed by atoms with Crippen molar-refractivity contribution < 1.29 is 13.2 Å². The number of sulfonamides is 1. The van der Waals surface area contributed by atoms with Crippen LogP contribution in [0, 0.1) is 0 Å². The number of hydrogen-bond donors (Lipinski definition) is 3. The zero-order valence-electron chi connectivity index (χ0n) is 19.3. The van der Waals surface area contributed by atoms with Gasteiger partial charge < -0.3 is 5.73 Å². The lowest BCUT2D eigenvalue weighted by atomic mass is 9.98. The van der Waals surface area contributed by atoms with E-state index in [9.17, 15) is 18.0 Å². The van der Waals surface area contributed by atoms with Gasteiger partial charge >= 0.3 is 0 Å². The van der Waals surface area contributed by atoms with E-state index < -0.39 is 15.9 Å². The average Bonchev–Trinajstić information content (AvgIpc) is 3.50.